The van der Waals surface area contributed by atoms with Gasteiger partial charge in [-0.15, -0.1) is 0 Å². The van der Waals surface area contributed by atoms with Gasteiger partial charge in [-0.3, -0.25) is 0 Å². The molecule has 0 saturated heterocycles. The maximum absolute atomic E-state index is 11.7. The predicted molar refractivity (Wildman–Crippen MR) is 56.1 cm³/mol. The van der Waals surface area contributed by atoms with Gasteiger partial charge in [0.15, 0.2) is 0 Å². The summed E-state index contributed by atoms with van der Waals surface area (Å²) in [4.78, 5) is 26.4. The molecule has 1 aromatic heterocycles. The van der Waals surface area contributed by atoms with E-state index in [4.69, 9.17) is 1.34 Å². The van der Waals surface area contributed by atoms with E-state index in [1.165, 1.54) is 16.8 Å². The minimum atomic E-state index is -0.456. The molecule has 0 aliphatic carbocycles. The van der Waals surface area contributed by atoms with E-state index in [0.29, 0.717) is 0 Å². The Balaban J connectivity index is 3.37. The van der Waals surface area contributed by atoms with E-state index in [9.17, 15) is 9.59 Å². The van der Waals surface area contributed by atoms with Gasteiger partial charge in [-0.1, -0.05) is 0 Å². The van der Waals surface area contributed by atoms with Crippen LogP contribution >= 0.6 is 0 Å². The summed E-state index contributed by atoms with van der Waals surface area (Å²) in [6.07, 6.45) is 1.45. The summed E-state index contributed by atoms with van der Waals surface area (Å²) in [6, 6.07) is 1.26. The van der Waals surface area contributed by atoms with E-state index >= 15 is 0 Å². The predicted octanol–water partition coefficient (Wildman–Crippen LogP) is -0.942. The van der Waals surface area contributed by atoms with Crippen molar-refractivity contribution >= 4 is 15.2 Å². The molecule has 1 aromatic rings. The van der Waals surface area contributed by atoms with Crippen molar-refractivity contribution in [1.29, 1.82) is 1.34 Å². The molecule has 1 rings (SSSR count). The van der Waals surface area contributed by atoms with Crippen LogP contribution in [0.15, 0.2) is 26.7 Å². The van der Waals surface area contributed by atoms with Crippen molar-refractivity contribution in [2.24, 2.45) is 4.81 Å². The van der Waals surface area contributed by atoms with Crippen LogP contribution < -0.4 is 11.2 Å². The molecule has 0 aliphatic heterocycles. The second kappa shape index (κ2) is 4.21. The van der Waals surface area contributed by atoms with Crippen LogP contribution in [0.4, 0.5) is 0 Å². The first-order chi connectivity index (χ1) is 7.07. The third-order valence-corrected chi connectivity index (χ3v) is 1.78. The summed E-state index contributed by atoms with van der Waals surface area (Å²) >= 11 is 0. The van der Waals surface area contributed by atoms with Crippen LogP contribution in [0.25, 0.3) is 0 Å². The van der Waals surface area contributed by atoms with Crippen LogP contribution in [0.1, 0.15) is 19.9 Å². The molecule has 0 saturated carbocycles. The average Bonchev–Trinajstić information content (AvgIpc) is 2.17. The van der Waals surface area contributed by atoms with Gasteiger partial charge in [-0.05, 0) is 0 Å². The molecule has 0 fully saturated rings. The molecule has 5 nitrogen and oxygen atoms in total. The van der Waals surface area contributed by atoms with Crippen LogP contribution in [0.2, 0.25) is 0 Å². The zero-order valence-electron chi connectivity index (χ0n) is 9.04. The Morgan fingerprint density at radius 1 is 1.64 bits per heavy atom. The summed E-state index contributed by atoms with van der Waals surface area (Å²) in [5.41, 5.74) is -0.911. The van der Waals surface area contributed by atoms with Crippen molar-refractivity contribution in [3.8, 4) is 0 Å². The summed E-state index contributed by atoms with van der Waals surface area (Å²) < 4.78 is 8.96. The summed E-state index contributed by atoms with van der Waals surface area (Å²) in [7, 11) is 1.80. The molecule has 71 valence electrons. The zero-order chi connectivity index (χ0) is 11.4. The summed E-state index contributed by atoms with van der Waals surface area (Å²) in [5, 5.41) is 0. The fraction of sp³-hybridized carbons (Fsp3) is 0.429. The van der Waals surface area contributed by atoms with Crippen molar-refractivity contribution in [3.63, 3.8) is 0 Å². The van der Waals surface area contributed by atoms with Crippen LogP contribution in [0.5, 0.6) is 0 Å². The third kappa shape index (κ3) is 1.92. The van der Waals surface area contributed by atoms with Gasteiger partial charge in [0, 0.05) is 0 Å². The third-order valence-electron chi connectivity index (χ3n) is 1.78. The Hall–Kier alpha value is -1.39. The summed E-state index contributed by atoms with van der Waals surface area (Å²) in [6.45, 7) is 3.67. The Morgan fingerprint density at radius 3 is 2.93 bits per heavy atom. The van der Waals surface area contributed by atoms with Crippen molar-refractivity contribution in [2.75, 3.05) is 0 Å². The normalized spacial score (nSPS) is 11.5. The first-order valence-corrected chi connectivity index (χ1v) is 4.15. The number of rotatable bonds is 3. The van der Waals surface area contributed by atoms with E-state index in [2.05, 4.69) is 4.81 Å². The summed E-state index contributed by atoms with van der Waals surface area (Å²) in [5.74, 6) is 0. The SMILES string of the molecule is [2H][B]N=Bn1c(=O)ccn(C(C)C)c1=O. The molecule has 0 spiro atoms. The second-order valence-corrected chi connectivity index (χ2v) is 3.07. The van der Waals surface area contributed by atoms with Gasteiger partial charge in [0.25, 0.3) is 0 Å². The van der Waals surface area contributed by atoms with E-state index in [1.54, 1.807) is 0 Å². The van der Waals surface area contributed by atoms with E-state index in [0.717, 1.165) is 19.6 Å². The van der Waals surface area contributed by atoms with Gasteiger partial charge in [-0.2, -0.15) is 0 Å². The van der Waals surface area contributed by atoms with Crippen LogP contribution in [0.3, 0.4) is 0 Å². The Kier molecular flexibility index (Phi) is 2.76. The van der Waals surface area contributed by atoms with Gasteiger partial charge >= 0.3 is 83.3 Å². The zero-order valence-corrected chi connectivity index (χ0v) is 8.04. The monoisotopic (exact) mass is 191 g/mol. The van der Waals surface area contributed by atoms with E-state index < -0.39 is 11.2 Å². The number of aromatic nitrogens is 2. The van der Waals surface area contributed by atoms with Crippen molar-refractivity contribution in [3.05, 3.63) is 33.1 Å². The van der Waals surface area contributed by atoms with E-state index in [-0.39, 0.29) is 6.04 Å². The van der Waals surface area contributed by atoms with Gasteiger partial charge in [0.05, 0.1) is 0 Å². The fourth-order valence-electron chi connectivity index (χ4n) is 1.07. The van der Waals surface area contributed by atoms with Gasteiger partial charge in [0.1, 0.15) is 0 Å². The first kappa shape index (κ1) is 9.18. The molecular formula is C7H10B2N3O2. The molecular weight excluding hydrogens is 180 g/mol. The molecule has 1 radical (unpaired) electrons. The molecule has 0 N–H and O–H groups in total. The van der Waals surface area contributed by atoms with Crippen molar-refractivity contribution in [2.45, 2.75) is 19.9 Å². The number of nitrogens with zero attached hydrogens (tertiary/aromatic N) is 3. The Bertz CT molecular complexity index is 480. The quantitative estimate of drug-likeness (QED) is 0.578. The molecule has 14 heavy (non-hydrogen) atoms. The minimum absolute atomic E-state index is 0.0299. The molecule has 0 bridgehead atoms. The molecule has 0 amide bonds. The van der Waals surface area contributed by atoms with Crippen LogP contribution in [0, 0.1) is 0 Å². The van der Waals surface area contributed by atoms with Crippen molar-refractivity contribution in [1.82, 2.24) is 9.05 Å². The number of hydrogen-bond acceptors (Lipinski definition) is 3. The Morgan fingerprint density at radius 2 is 2.36 bits per heavy atom. The maximum atomic E-state index is 11.7. The fourth-order valence-corrected chi connectivity index (χ4v) is 1.07. The standard InChI is InChI=1S/C7H10B2N3O2/c1-5(2)11-4-3-6(13)12(7(11)14)9-10-8/h3-5,8H,1-2H3/i8D. The molecule has 0 atom stereocenters. The van der Waals surface area contributed by atoms with Crippen molar-refractivity contribution < 1.29 is 0 Å². The average molecular weight is 191 g/mol. The topological polar surface area (TPSA) is 56.4 Å². The van der Waals surface area contributed by atoms with Crippen LogP contribution in [-0.2, 0) is 0 Å². The molecule has 7 heteroatoms. The number of hydrogen-bond donors (Lipinski definition) is 0. The van der Waals surface area contributed by atoms with Gasteiger partial charge < -0.3 is 0 Å². The molecule has 1 heterocycles. The van der Waals surface area contributed by atoms with E-state index in [1.807, 2.05) is 13.8 Å². The van der Waals surface area contributed by atoms with Gasteiger partial charge in [0.2, 0.25) is 0 Å². The van der Waals surface area contributed by atoms with Crippen LogP contribution in [-0.4, -0.2) is 25.5 Å². The second-order valence-electron chi connectivity index (χ2n) is 3.07. The molecule has 0 aromatic carbocycles. The molecule has 0 unspecified atom stereocenters. The Labute approximate surface area is 84.1 Å². The first-order valence-electron chi connectivity index (χ1n) is 4.72. The van der Waals surface area contributed by atoms with Gasteiger partial charge in [-0.25, -0.2) is 0 Å². The molecule has 0 aliphatic rings.